The molecule has 0 aliphatic rings. The second-order valence-corrected chi connectivity index (χ2v) is 5.19. The molecule has 0 spiro atoms. The molecule has 0 aromatic heterocycles. The first-order chi connectivity index (χ1) is 9.88. The fourth-order valence-electron chi connectivity index (χ4n) is 1.70. The molecule has 0 fully saturated rings. The molecule has 5 nitrogen and oxygen atoms in total. The van der Waals surface area contributed by atoms with Gasteiger partial charge in [0.2, 0.25) is 5.75 Å². The van der Waals surface area contributed by atoms with Gasteiger partial charge in [-0.1, -0.05) is 6.07 Å². The van der Waals surface area contributed by atoms with E-state index in [4.69, 9.17) is 4.74 Å². The lowest BCUT2D eigenvalue weighted by Gasteiger charge is -2.10. The summed E-state index contributed by atoms with van der Waals surface area (Å²) in [6.07, 6.45) is -0.835. The van der Waals surface area contributed by atoms with Crippen LogP contribution in [0.25, 0.3) is 0 Å². The van der Waals surface area contributed by atoms with Crippen LogP contribution in [-0.4, -0.2) is 10.0 Å². The van der Waals surface area contributed by atoms with Crippen molar-refractivity contribution < 1.29 is 19.2 Å². The Morgan fingerprint density at radius 1 is 1.29 bits per heavy atom. The molecule has 2 aromatic carbocycles. The van der Waals surface area contributed by atoms with Crippen molar-refractivity contribution in [3.05, 3.63) is 62.4 Å². The summed E-state index contributed by atoms with van der Waals surface area (Å²) >= 11 is 3.19. The molecular weight excluding hydrogens is 345 g/mol. The number of rotatable bonds is 4. The number of nitro benzene ring substituents is 1. The van der Waals surface area contributed by atoms with E-state index in [9.17, 15) is 19.6 Å². The van der Waals surface area contributed by atoms with E-state index in [-0.39, 0.29) is 17.2 Å². The van der Waals surface area contributed by atoms with Gasteiger partial charge in [-0.2, -0.15) is 0 Å². The van der Waals surface area contributed by atoms with E-state index < -0.39 is 16.8 Å². The summed E-state index contributed by atoms with van der Waals surface area (Å²) in [5, 5.41) is 20.6. The number of aliphatic hydroxyl groups excluding tert-OH is 1. The first kappa shape index (κ1) is 15.4. The number of hydrogen-bond acceptors (Lipinski definition) is 4. The quantitative estimate of drug-likeness (QED) is 0.653. The largest absolute Gasteiger partial charge is 0.449 e. The number of nitro groups is 1. The Balaban J connectivity index is 2.44. The van der Waals surface area contributed by atoms with Gasteiger partial charge >= 0.3 is 5.69 Å². The summed E-state index contributed by atoms with van der Waals surface area (Å²) in [7, 11) is 0. The maximum absolute atomic E-state index is 13.2. The van der Waals surface area contributed by atoms with Crippen LogP contribution in [0.2, 0.25) is 0 Å². The number of halogens is 2. The third kappa shape index (κ3) is 3.56. The minimum absolute atomic E-state index is 0.0318. The predicted octanol–water partition coefficient (Wildman–Crippen LogP) is 4.34. The van der Waals surface area contributed by atoms with Crippen molar-refractivity contribution in [1.29, 1.82) is 0 Å². The molecule has 1 N–H and O–H groups in total. The number of nitrogens with zero attached hydrogens (tertiary/aromatic N) is 1. The molecule has 21 heavy (non-hydrogen) atoms. The number of aliphatic hydroxyl groups is 1. The summed E-state index contributed by atoms with van der Waals surface area (Å²) in [5.41, 5.74) is 0.0944. The molecule has 110 valence electrons. The van der Waals surface area contributed by atoms with Crippen molar-refractivity contribution in [2.24, 2.45) is 0 Å². The highest BCUT2D eigenvalue weighted by Gasteiger charge is 2.19. The van der Waals surface area contributed by atoms with Crippen LogP contribution >= 0.6 is 15.9 Å². The topological polar surface area (TPSA) is 72.6 Å². The smallest absolute Gasteiger partial charge is 0.311 e. The van der Waals surface area contributed by atoms with Gasteiger partial charge < -0.3 is 9.84 Å². The highest BCUT2D eigenvalue weighted by molar-refractivity contribution is 9.10. The number of benzene rings is 2. The lowest BCUT2D eigenvalue weighted by atomic mass is 10.1. The number of hydrogen-bond donors (Lipinski definition) is 1. The van der Waals surface area contributed by atoms with Crippen LogP contribution in [0.4, 0.5) is 10.1 Å². The van der Waals surface area contributed by atoms with Crippen LogP contribution < -0.4 is 4.74 Å². The van der Waals surface area contributed by atoms with Gasteiger partial charge in [-0.15, -0.1) is 0 Å². The van der Waals surface area contributed by atoms with Crippen molar-refractivity contribution in [1.82, 2.24) is 0 Å². The van der Waals surface area contributed by atoms with Crippen LogP contribution in [0.15, 0.2) is 40.9 Å². The second-order valence-electron chi connectivity index (χ2n) is 4.34. The Morgan fingerprint density at radius 3 is 2.62 bits per heavy atom. The van der Waals surface area contributed by atoms with E-state index in [2.05, 4.69) is 15.9 Å². The molecule has 0 unspecified atom stereocenters. The van der Waals surface area contributed by atoms with E-state index in [0.717, 1.165) is 6.07 Å². The first-order valence-corrected chi connectivity index (χ1v) is 6.77. The minimum atomic E-state index is -0.835. The minimum Gasteiger partial charge on any atom is -0.449 e. The summed E-state index contributed by atoms with van der Waals surface area (Å²) in [4.78, 5) is 10.5. The van der Waals surface area contributed by atoms with Crippen LogP contribution in [-0.2, 0) is 0 Å². The van der Waals surface area contributed by atoms with E-state index in [0.29, 0.717) is 10.0 Å². The molecule has 0 saturated heterocycles. The Morgan fingerprint density at radius 2 is 2.00 bits per heavy atom. The summed E-state index contributed by atoms with van der Waals surface area (Å²) in [6, 6.07) is 7.92. The lowest BCUT2D eigenvalue weighted by Crippen LogP contribution is -1.98. The van der Waals surface area contributed by atoms with Crippen molar-refractivity contribution in [3.8, 4) is 11.5 Å². The molecule has 0 aliphatic heterocycles. The average Bonchev–Trinajstić information content (AvgIpc) is 2.42. The Kier molecular flexibility index (Phi) is 4.54. The Labute approximate surface area is 128 Å². The normalized spacial score (nSPS) is 12.0. The highest BCUT2D eigenvalue weighted by Crippen LogP contribution is 2.36. The van der Waals surface area contributed by atoms with Gasteiger partial charge in [0, 0.05) is 12.1 Å². The monoisotopic (exact) mass is 355 g/mol. The lowest BCUT2D eigenvalue weighted by molar-refractivity contribution is -0.385. The van der Waals surface area contributed by atoms with Crippen molar-refractivity contribution >= 4 is 21.6 Å². The number of ether oxygens (including phenoxy) is 1. The fraction of sp³-hybridized carbons (Fsp3) is 0.143. The average molecular weight is 356 g/mol. The summed E-state index contributed by atoms with van der Waals surface area (Å²) < 4.78 is 19.1. The molecule has 7 heteroatoms. The molecule has 1 atom stereocenters. The zero-order valence-electron chi connectivity index (χ0n) is 10.9. The van der Waals surface area contributed by atoms with Gasteiger partial charge in [-0.25, -0.2) is 4.39 Å². The summed E-state index contributed by atoms with van der Waals surface area (Å²) in [6.45, 7) is 1.50. The molecule has 0 heterocycles. The van der Waals surface area contributed by atoms with Crippen LogP contribution in [0.3, 0.4) is 0 Å². The summed E-state index contributed by atoms with van der Waals surface area (Å²) in [5.74, 6) is -0.421. The standard InChI is InChI=1S/C14H11BrFNO4/c1-8(18)9-2-5-13(12(6-9)17(19)20)21-14-7-10(16)3-4-11(14)15/h2-8,18H,1H3/t8-/m1/s1. The van der Waals surface area contributed by atoms with E-state index in [1.165, 1.54) is 37.3 Å². The predicted molar refractivity (Wildman–Crippen MR) is 77.9 cm³/mol. The maximum Gasteiger partial charge on any atom is 0.311 e. The van der Waals surface area contributed by atoms with Gasteiger partial charge in [-0.3, -0.25) is 10.1 Å². The molecular formula is C14H11BrFNO4. The Bertz CT molecular complexity index is 691. The molecule has 2 rings (SSSR count). The van der Waals surface area contributed by atoms with E-state index in [1.807, 2.05) is 0 Å². The van der Waals surface area contributed by atoms with Crippen molar-refractivity contribution in [3.63, 3.8) is 0 Å². The van der Waals surface area contributed by atoms with E-state index in [1.54, 1.807) is 0 Å². The SMILES string of the molecule is C[C@@H](O)c1ccc(Oc2cc(F)ccc2Br)c([N+](=O)[O-])c1. The first-order valence-electron chi connectivity index (χ1n) is 5.98. The van der Waals surface area contributed by atoms with Crippen LogP contribution in [0, 0.1) is 15.9 Å². The van der Waals surface area contributed by atoms with Gasteiger partial charge in [0.25, 0.3) is 0 Å². The van der Waals surface area contributed by atoms with Crippen molar-refractivity contribution in [2.75, 3.05) is 0 Å². The fourth-order valence-corrected chi connectivity index (χ4v) is 2.02. The van der Waals surface area contributed by atoms with Crippen LogP contribution in [0.5, 0.6) is 11.5 Å². The van der Waals surface area contributed by atoms with E-state index >= 15 is 0 Å². The molecule has 0 bridgehead atoms. The molecule has 0 saturated carbocycles. The zero-order valence-corrected chi connectivity index (χ0v) is 12.5. The second kappa shape index (κ2) is 6.19. The Hall–Kier alpha value is -1.99. The third-order valence-electron chi connectivity index (χ3n) is 2.78. The van der Waals surface area contributed by atoms with Crippen molar-refractivity contribution in [2.45, 2.75) is 13.0 Å². The van der Waals surface area contributed by atoms with Gasteiger partial charge in [0.05, 0.1) is 15.5 Å². The maximum atomic E-state index is 13.2. The van der Waals surface area contributed by atoms with Gasteiger partial charge in [-0.05, 0) is 46.6 Å². The van der Waals surface area contributed by atoms with Crippen LogP contribution in [0.1, 0.15) is 18.6 Å². The third-order valence-corrected chi connectivity index (χ3v) is 3.43. The molecule has 2 aromatic rings. The zero-order chi connectivity index (χ0) is 15.6. The molecule has 0 radical (unpaired) electrons. The van der Waals surface area contributed by atoms with Gasteiger partial charge in [0.1, 0.15) is 11.6 Å². The molecule has 0 aliphatic carbocycles. The highest BCUT2D eigenvalue weighted by atomic mass is 79.9. The molecule has 0 amide bonds. The van der Waals surface area contributed by atoms with Gasteiger partial charge in [0.15, 0.2) is 0 Å².